The molecule has 0 spiro atoms. The Hall–Kier alpha value is -0.900. The zero-order valence-electron chi connectivity index (χ0n) is 9.70. The van der Waals surface area contributed by atoms with Crippen LogP contribution in [0.2, 0.25) is 0 Å². The van der Waals surface area contributed by atoms with Crippen LogP contribution in [-0.2, 0) is 12.1 Å². The van der Waals surface area contributed by atoms with Gasteiger partial charge in [0.15, 0.2) is 5.82 Å². The lowest BCUT2D eigenvalue weighted by atomic mass is 10.0. The fraction of sp³-hybridized carbons (Fsp3) is 0.800. The van der Waals surface area contributed by atoms with E-state index in [4.69, 9.17) is 0 Å². The van der Waals surface area contributed by atoms with Crippen LogP contribution in [0.15, 0.2) is 6.33 Å². The maximum Gasteiger partial charge on any atom is 0.152 e. The summed E-state index contributed by atoms with van der Waals surface area (Å²) in [6, 6.07) is 0. The van der Waals surface area contributed by atoms with Crippen molar-refractivity contribution < 1.29 is 0 Å². The third-order valence-corrected chi connectivity index (χ3v) is 2.36. The van der Waals surface area contributed by atoms with Crippen LogP contribution in [0.3, 0.4) is 0 Å². The van der Waals surface area contributed by atoms with E-state index in [1.807, 2.05) is 7.05 Å². The number of nitrogens with one attached hydrogen (secondary N) is 1. The first-order valence-corrected chi connectivity index (χ1v) is 5.04. The van der Waals surface area contributed by atoms with Gasteiger partial charge in [0, 0.05) is 6.54 Å². The zero-order valence-corrected chi connectivity index (χ0v) is 9.70. The van der Waals surface area contributed by atoms with Crippen molar-refractivity contribution in [1.82, 2.24) is 20.1 Å². The molecule has 4 heteroatoms. The maximum absolute atomic E-state index is 4.16. The van der Waals surface area contributed by atoms with E-state index in [0.29, 0.717) is 5.92 Å². The zero-order chi connectivity index (χ0) is 10.8. The molecule has 0 saturated carbocycles. The van der Waals surface area contributed by atoms with E-state index < -0.39 is 0 Å². The second kappa shape index (κ2) is 4.09. The molecule has 0 bridgehead atoms. The van der Waals surface area contributed by atoms with Gasteiger partial charge in [0.05, 0.1) is 5.54 Å². The van der Waals surface area contributed by atoms with Crippen molar-refractivity contribution in [2.45, 2.75) is 39.8 Å². The summed E-state index contributed by atoms with van der Waals surface area (Å²) in [4.78, 5) is 0. The SMILES string of the molecule is CNC(C)(C)c1nncn1CC(C)C. The van der Waals surface area contributed by atoms with E-state index in [1.165, 1.54) is 0 Å². The summed E-state index contributed by atoms with van der Waals surface area (Å²) in [5.41, 5.74) is -0.120. The number of nitrogens with zero attached hydrogens (tertiary/aromatic N) is 3. The van der Waals surface area contributed by atoms with Gasteiger partial charge in [0.2, 0.25) is 0 Å². The molecule has 0 aliphatic carbocycles. The Morgan fingerprint density at radius 1 is 1.50 bits per heavy atom. The van der Waals surface area contributed by atoms with Gasteiger partial charge < -0.3 is 9.88 Å². The molecule has 0 aromatic carbocycles. The summed E-state index contributed by atoms with van der Waals surface area (Å²) < 4.78 is 2.11. The monoisotopic (exact) mass is 196 g/mol. The van der Waals surface area contributed by atoms with Crippen LogP contribution in [0.1, 0.15) is 33.5 Å². The lowest BCUT2D eigenvalue weighted by Gasteiger charge is -2.24. The van der Waals surface area contributed by atoms with Crippen molar-refractivity contribution in [2.75, 3.05) is 7.05 Å². The van der Waals surface area contributed by atoms with Crippen LogP contribution in [0.5, 0.6) is 0 Å². The first-order valence-electron chi connectivity index (χ1n) is 5.04. The van der Waals surface area contributed by atoms with Crippen molar-refractivity contribution in [3.8, 4) is 0 Å². The summed E-state index contributed by atoms with van der Waals surface area (Å²) in [6.45, 7) is 9.56. The highest BCUT2D eigenvalue weighted by molar-refractivity contribution is 5.01. The molecule has 0 unspecified atom stereocenters. The van der Waals surface area contributed by atoms with E-state index in [-0.39, 0.29) is 5.54 Å². The van der Waals surface area contributed by atoms with Gasteiger partial charge in [-0.05, 0) is 26.8 Å². The number of hydrogen-bond acceptors (Lipinski definition) is 3. The summed E-state index contributed by atoms with van der Waals surface area (Å²) in [6.07, 6.45) is 1.80. The van der Waals surface area contributed by atoms with Gasteiger partial charge in [0.1, 0.15) is 6.33 Å². The minimum atomic E-state index is -0.120. The minimum absolute atomic E-state index is 0.120. The van der Waals surface area contributed by atoms with E-state index in [2.05, 4.69) is 47.8 Å². The van der Waals surface area contributed by atoms with Gasteiger partial charge in [-0.1, -0.05) is 13.8 Å². The molecule has 0 saturated heterocycles. The predicted molar refractivity (Wildman–Crippen MR) is 56.9 cm³/mol. The lowest BCUT2D eigenvalue weighted by Crippen LogP contribution is -2.36. The molecule has 80 valence electrons. The second-order valence-corrected chi connectivity index (χ2v) is 4.58. The standard InChI is InChI=1S/C10H20N4/c1-8(2)6-14-7-12-13-9(14)10(3,4)11-5/h7-8,11H,6H2,1-5H3. The van der Waals surface area contributed by atoms with Gasteiger partial charge in [0.25, 0.3) is 0 Å². The van der Waals surface area contributed by atoms with Crippen molar-refractivity contribution >= 4 is 0 Å². The number of rotatable bonds is 4. The first kappa shape index (κ1) is 11.2. The third kappa shape index (κ3) is 2.32. The molecule has 0 radical (unpaired) electrons. The molecule has 1 aromatic rings. The molecule has 1 N–H and O–H groups in total. The Kier molecular flexibility index (Phi) is 3.26. The molecular weight excluding hydrogens is 176 g/mol. The highest BCUT2D eigenvalue weighted by atomic mass is 15.3. The third-order valence-electron chi connectivity index (χ3n) is 2.36. The minimum Gasteiger partial charge on any atom is -0.316 e. The molecule has 0 aliphatic rings. The molecule has 1 aromatic heterocycles. The fourth-order valence-electron chi connectivity index (χ4n) is 1.38. The molecule has 4 nitrogen and oxygen atoms in total. The van der Waals surface area contributed by atoms with E-state index >= 15 is 0 Å². The van der Waals surface area contributed by atoms with Crippen LogP contribution < -0.4 is 5.32 Å². The molecule has 0 aliphatic heterocycles. The van der Waals surface area contributed by atoms with Crippen molar-refractivity contribution in [3.63, 3.8) is 0 Å². The molecular formula is C10H20N4. The fourth-order valence-corrected chi connectivity index (χ4v) is 1.38. The summed E-state index contributed by atoms with van der Waals surface area (Å²) in [5.74, 6) is 1.60. The maximum atomic E-state index is 4.16. The Morgan fingerprint density at radius 2 is 2.14 bits per heavy atom. The summed E-state index contributed by atoms with van der Waals surface area (Å²) in [5, 5.41) is 11.4. The molecule has 14 heavy (non-hydrogen) atoms. The van der Waals surface area contributed by atoms with Crippen LogP contribution in [0.4, 0.5) is 0 Å². The Morgan fingerprint density at radius 3 is 2.64 bits per heavy atom. The highest BCUT2D eigenvalue weighted by Crippen LogP contribution is 2.17. The predicted octanol–water partition coefficient (Wildman–Crippen LogP) is 1.39. The highest BCUT2D eigenvalue weighted by Gasteiger charge is 2.24. The van der Waals surface area contributed by atoms with Crippen molar-refractivity contribution in [1.29, 1.82) is 0 Å². The Labute approximate surface area is 85.7 Å². The molecule has 0 amide bonds. The van der Waals surface area contributed by atoms with Gasteiger partial charge in [-0.15, -0.1) is 10.2 Å². The number of hydrogen-bond donors (Lipinski definition) is 1. The van der Waals surface area contributed by atoms with Crippen LogP contribution in [0.25, 0.3) is 0 Å². The summed E-state index contributed by atoms with van der Waals surface area (Å²) in [7, 11) is 1.94. The molecule has 1 rings (SSSR count). The first-order chi connectivity index (χ1) is 6.47. The second-order valence-electron chi connectivity index (χ2n) is 4.58. The topological polar surface area (TPSA) is 42.7 Å². The normalized spacial score (nSPS) is 12.4. The van der Waals surface area contributed by atoms with Gasteiger partial charge in [-0.2, -0.15) is 0 Å². The molecule has 0 fully saturated rings. The van der Waals surface area contributed by atoms with E-state index in [9.17, 15) is 0 Å². The van der Waals surface area contributed by atoms with Gasteiger partial charge >= 0.3 is 0 Å². The van der Waals surface area contributed by atoms with E-state index in [1.54, 1.807) is 6.33 Å². The van der Waals surface area contributed by atoms with Crippen LogP contribution >= 0.6 is 0 Å². The average molecular weight is 196 g/mol. The van der Waals surface area contributed by atoms with Crippen LogP contribution in [-0.4, -0.2) is 21.8 Å². The largest absolute Gasteiger partial charge is 0.316 e. The smallest absolute Gasteiger partial charge is 0.152 e. The average Bonchev–Trinajstić information content (AvgIpc) is 2.52. The quantitative estimate of drug-likeness (QED) is 0.791. The van der Waals surface area contributed by atoms with Crippen molar-refractivity contribution in [3.05, 3.63) is 12.2 Å². The Bertz CT molecular complexity index is 288. The van der Waals surface area contributed by atoms with E-state index in [0.717, 1.165) is 12.4 Å². The number of aromatic nitrogens is 3. The molecule has 1 heterocycles. The molecule has 0 atom stereocenters. The van der Waals surface area contributed by atoms with Gasteiger partial charge in [-0.25, -0.2) is 0 Å². The van der Waals surface area contributed by atoms with Crippen molar-refractivity contribution in [2.24, 2.45) is 5.92 Å². The summed E-state index contributed by atoms with van der Waals surface area (Å²) >= 11 is 0. The van der Waals surface area contributed by atoms with Crippen LogP contribution in [0, 0.1) is 5.92 Å². The lowest BCUT2D eigenvalue weighted by molar-refractivity contribution is 0.379. The Balaban J connectivity index is 2.92. The van der Waals surface area contributed by atoms with Gasteiger partial charge in [-0.3, -0.25) is 0 Å².